The molecule has 7 nitrogen and oxygen atoms in total. The van der Waals surface area contributed by atoms with E-state index in [-0.39, 0.29) is 30.1 Å². The normalized spacial score (nSPS) is 11.0. The second-order valence-electron chi connectivity index (χ2n) is 5.34. The van der Waals surface area contributed by atoms with Gasteiger partial charge in [-0.05, 0) is 39.0 Å². The molecule has 0 fully saturated rings. The van der Waals surface area contributed by atoms with Gasteiger partial charge < -0.3 is 18.3 Å². The summed E-state index contributed by atoms with van der Waals surface area (Å²) < 4.78 is 20.6. The van der Waals surface area contributed by atoms with Crippen molar-refractivity contribution in [2.45, 2.75) is 20.8 Å². The summed E-state index contributed by atoms with van der Waals surface area (Å²) >= 11 is 0. The molecule has 130 valence electrons. The van der Waals surface area contributed by atoms with E-state index in [0.717, 1.165) is 0 Å². The van der Waals surface area contributed by atoms with Gasteiger partial charge in [0.2, 0.25) is 5.76 Å². The van der Waals surface area contributed by atoms with E-state index in [9.17, 15) is 14.4 Å². The van der Waals surface area contributed by atoms with Crippen LogP contribution in [-0.4, -0.2) is 25.2 Å². The monoisotopic (exact) mass is 344 g/mol. The Morgan fingerprint density at radius 3 is 2.20 bits per heavy atom. The molecule has 0 aliphatic heterocycles. The summed E-state index contributed by atoms with van der Waals surface area (Å²) in [4.78, 5) is 35.8. The van der Waals surface area contributed by atoms with Gasteiger partial charge in [-0.2, -0.15) is 0 Å². The lowest BCUT2D eigenvalue weighted by molar-refractivity contribution is 0.0490. The number of furan rings is 1. The lowest BCUT2D eigenvalue weighted by Gasteiger charge is -2.04. The molecular weight excluding hydrogens is 328 g/mol. The Bertz CT molecular complexity index is 1040. The maximum Gasteiger partial charge on any atom is 0.374 e. The number of rotatable bonds is 4. The molecule has 0 spiro atoms. The number of aryl methyl sites for hydroxylation is 1. The van der Waals surface area contributed by atoms with Gasteiger partial charge >= 0.3 is 17.6 Å². The van der Waals surface area contributed by atoms with Crippen LogP contribution >= 0.6 is 0 Å². The van der Waals surface area contributed by atoms with Crippen LogP contribution in [0.15, 0.2) is 31.8 Å². The highest BCUT2D eigenvalue weighted by atomic mass is 16.5. The van der Waals surface area contributed by atoms with Crippen LogP contribution in [0.25, 0.3) is 21.9 Å². The molecule has 3 aromatic rings. The number of benzene rings is 1. The summed E-state index contributed by atoms with van der Waals surface area (Å²) in [6.45, 7) is 5.44. The summed E-state index contributed by atoms with van der Waals surface area (Å²) in [6.07, 6.45) is 0. The van der Waals surface area contributed by atoms with Crippen LogP contribution < -0.4 is 5.63 Å². The van der Waals surface area contributed by atoms with Crippen molar-refractivity contribution in [2.75, 3.05) is 13.2 Å². The topological polar surface area (TPSA) is 96.0 Å². The van der Waals surface area contributed by atoms with Crippen molar-refractivity contribution in [3.8, 4) is 0 Å². The fourth-order valence-electron chi connectivity index (χ4n) is 2.62. The lowest BCUT2D eigenvalue weighted by atomic mass is 10.1. The van der Waals surface area contributed by atoms with Crippen molar-refractivity contribution >= 4 is 33.9 Å². The Morgan fingerprint density at radius 2 is 1.52 bits per heavy atom. The number of carbonyl (C=O) groups excluding carboxylic acids is 2. The molecule has 3 rings (SSSR count). The van der Waals surface area contributed by atoms with Crippen molar-refractivity contribution in [1.82, 2.24) is 0 Å². The zero-order valence-electron chi connectivity index (χ0n) is 14.0. The first-order chi connectivity index (χ1) is 12.0. The van der Waals surface area contributed by atoms with Crippen LogP contribution in [0.2, 0.25) is 0 Å². The molecule has 7 heteroatoms. The van der Waals surface area contributed by atoms with Gasteiger partial charge in [-0.25, -0.2) is 14.4 Å². The molecule has 0 unspecified atom stereocenters. The van der Waals surface area contributed by atoms with E-state index in [1.54, 1.807) is 32.9 Å². The summed E-state index contributed by atoms with van der Waals surface area (Å²) in [7, 11) is 0. The van der Waals surface area contributed by atoms with Gasteiger partial charge in [-0.1, -0.05) is 0 Å². The molecule has 0 aliphatic rings. The molecule has 0 bridgehead atoms. The highest BCUT2D eigenvalue weighted by Gasteiger charge is 2.20. The molecule has 0 aliphatic carbocycles. The first-order valence-electron chi connectivity index (χ1n) is 7.81. The molecule has 0 amide bonds. The largest absolute Gasteiger partial charge is 0.462 e. The fraction of sp³-hybridized carbons (Fsp3) is 0.278. The van der Waals surface area contributed by atoms with Crippen molar-refractivity contribution in [3.05, 3.63) is 45.5 Å². The quantitative estimate of drug-likeness (QED) is 0.529. The minimum absolute atomic E-state index is 0.0585. The average Bonchev–Trinajstić information content (AvgIpc) is 3.00. The summed E-state index contributed by atoms with van der Waals surface area (Å²) in [5, 5.41) is 1.17. The Hall–Kier alpha value is -3.09. The SMILES string of the molecule is CCOC(=O)c1cc2cc3cc(C(=O)OCC)c(=O)oc3c(C)c2o1. The van der Waals surface area contributed by atoms with Crippen molar-refractivity contribution in [3.63, 3.8) is 0 Å². The smallest absolute Gasteiger partial charge is 0.374 e. The number of carbonyl (C=O) groups is 2. The van der Waals surface area contributed by atoms with Crippen LogP contribution in [-0.2, 0) is 9.47 Å². The number of esters is 2. The van der Waals surface area contributed by atoms with Crippen molar-refractivity contribution in [1.29, 1.82) is 0 Å². The second-order valence-corrected chi connectivity index (χ2v) is 5.34. The van der Waals surface area contributed by atoms with E-state index in [4.69, 9.17) is 18.3 Å². The molecule has 0 saturated carbocycles. The number of fused-ring (bicyclic) bond motifs is 2. The van der Waals surface area contributed by atoms with Crippen LogP contribution in [0, 0.1) is 6.92 Å². The average molecular weight is 344 g/mol. The van der Waals surface area contributed by atoms with Crippen LogP contribution in [0.5, 0.6) is 0 Å². The van der Waals surface area contributed by atoms with E-state index < -0.39 is 17.6 Å². The minimum Gasteiger partial charge on any atom is -0.462 e. The van der Waals surface area contributed by atoms with E-state index >= 15 is 0 Å². The minimum atomic E-state index is -0.787. The van der Waals surface area contributed by atoms with E-state index in [1.165, 1.54) is 6.07 Å². The van der Waals surface area contributed by atoms with E-state index in [2.05, 4.69) is 0 Å². The van der Waals surface area contributed by atoms with Gasteiger partial charge in [-0.15, -0.1) is 0 Å². The third kappa shape index (κ3) is 2.88. The predicted octanol–water partition coefficient (Wildman–Crippen LogP) is 3.20. The molecule has 2 aromatic heterocycles. The molecule has 0 atom stereocenters. The predicted molar refractivity (Wildman–Crippen MR) is 88.9 cm³/mol. The highest BCUT2D eigenvalue weighted by Crippen LogP contribution is 2.30. The Kier molecular flexibility index (Phi) is 4.31. The maximum atomic E-state index is 12.1. The Morgan fingerprint density at radius 1 is 0.920 bits per heavy atom. The molecule has 0 N–H and O–H groups in total. The van der Waals surface area contributed by atoms with Gasteiger partial charge in [0.25, 0.3) is 0 Å². The molecule has 0 radical (unpaired) electrons. The third-order valence-electron chi connectivity index (χ3n) is 3.70. The number of ether oxygens (including phenoxy) is 2. The van der Waals surface area contributed by atoms with E-state index in [0.29, 0.717) is 21.9 Å². The highest BCUT2D eigenvalue weighted by molar-refractivity contribution is 6.02. The van der Waals surface area contributed by atoms with Crippen LogP contribution in [0.3, 0.4) is 0 Å². The van der Waals surface area contributed by atoms with Gasteiger partial charge in [0, 0.05) is 16.3 Å². The molecular formula is C18H16O7. The maximum absolute atomic E-state index is 12.1. The van der Waals surface area contributed by atoms with Crippen molar-refractivity contribution < 1.29 is 27.9 Å². The van der Waals surface area contributed by atoms with E-state index in [1.807, 2.05) is 0 Å². The lowest BCUT2D eigenvalue weighted by Crippen LogP contribution is -2.16. The fourth-order valence-corrected chi connectivity index (χ4v) is 2.62. The Labute approximate surface area is 142 Å². The first kappa shape index (κ1) is 16.8. The van der Waals surface area contributed by atoms with Gasteiger partial charge in [0.15, 0.2) is 0 Å². The van der Waals surface area contributed by atoms with Gasteiger partial charge in [-0.3, -0.25) is 0 Å². The third-order valence-corrected chi connectivity index (χ3v) is 3.70. The number of hydrogen-bond donors (Lipinski definition) is 0. The molecule has 0 saturated heterocycles. The van der Waals surface area contributed by atoms with Crippen molar-refractivity contribution in [2.24, 2.45) is 0 Å². The first-order valence-corrected chi connectivity index (χ1v) is 7.81. The summed E-state index contributed by atoms with van der Waals surface area (Å²) in [5.74, 6) is -1.26. The zero-order chi connectivity index (χ0) is 18.1. The van der Waals surface area contributed by atoms with Crippen LogP contribution in [0.4, 0.5) is 0 Å². The van der Waals surface area contributed by atoms with Crippen LogP contribution in [0.1, 0.15) is 40.3 Å². The Balaban J connectivity index is 2.21. The van der Waals surface area contributed by atoms with Gasteiger partial charge in [0.05, 0.1) is 13.2 Å². The standard InChI is InChI=1S/C18H16O7/c1-4-22-16(19)12-7-10-6-11-8-13(18(21)23-5-2)24-14(11)9(3)15(10)25-17(12)20/h6-8H,4-5H2,1-3H3. The van der Waals surface area contributed by atoms with Gasteiger partial charge in [0.1, 0.15) is 16.7 Å². The second kappa shape index (κ2) is 6.43. The molecule has 25 heavy (non-hydrogen) atoms. The summed E-state index contributed by atoms with van der Waals surface area (Å²) in [6, 6.07) is 4.65. The zero-order valence-corrected chi connectivity index (χ0v) is 14.0. The number of hydrogen-bond acceptors (Lipinski definition) is 7. The summed E-state index contributed by atoms with van der Waals surface area (Å²) in [5.41, 5.74) is 0.293. The molecule has 2 heterocycles. The molecule has 1 aromatic carbocycles.